The number of aromatic amines is 1. The van der Waals surface area contributed by atoms with Gasteiger partial charge in [0.15, 0.2) is 0 Å². The van der Waals surface area contributed by atoms with Gasteiger partial charge in [-0.1, -0.05) is 13.3 Å². The van der Waals surface area contributed by atoms with Crippen LogP contribution >= 0.6 is 0 Å². The third-order valence-corrected chi connectivity index (χ3v) is 1.58. The minimum atomic E-state index is -0.740. The Morgan fingerprint density at radius 1 is 1.50 bits per heavy atom. The number of nitrogens with one attached hydrogen (secondary N) is 1. The van der Waals surface area contributed by atoms with Crippen LogP contribution in [0.25, 0.3) is 0 Å². The van der Waals surface area contributed by atoms with Crippen molar-refractivity contribution in [1.82, 2.24) is 15.4 Å². The highest BCUT2D eigenvalue weighted by atomic mass is 16.7. The first-order valence-corrected chi connectivity index (χ1v) is 4.46. The summed E-state index contributed by atoms with van der Waals surface area (Å²) in [5, 5.41) is 9.66. The standard InChI is InChI=1S/C8H13N3O3/c1-3-4-5-13-8(12)14-7-6(2)9-11-10-7/h3-5H2,1-2H3,(H,9,10,11). The zero-order valence-corrected chi connectivity index (χ0v) is 8.24. The molecule has 1 aromatic heterocycles. The molecule has 0 unspecified atom stereocenters. The molecule has 1 rings (SSSR count). The van der Waals surface area contributed by atoms with Crippen molar-refractivity contribution >= 4 is 6.16 Å². The molecule has 6 heteroatoms. The monoisotopic (exact) mass is 199 g/mol. The number of ether oxygens (including phenoxy) is 2. The highest BCUT2D eigenvalue weighted by Crippen LogP contribution is 2.09. The van der Waals surface area contributed by atoms with Crippen molar-refractivity contribution in [2.24, 2.45) is 0 Å². The Morgan fingerprint density at radius 3 is 2.86 bits per heavy atom. The Kier molecular flexibility index (Phi) is 3.90. The SMILES string of the molecule is CCCCOC(=O)Oc1n[nH]nc1C. The smallest absolute Gasteiger partial charge is 0.434 e. The van der Waals surface area contributed by atoms with E-state index in [1.165, 1.54) is 0 Å². The summed E-state index contributed by atoms with van der Waals surface area (Å²) in [4.78, 5) is 11.0. The van der Waals surface area contributed by atoms with E-state index in [1.807, 2.05) is 6.92 Å². The lowest BCUT2D eigenvalue weighted by atomic mass is 10.4. The van der Waals surface area contributed by atoms with Gasteiger partial charge in [-0.15, -0.1) is 5.10 Å². The van der Waals surface area contributed by atoms with Crippen molar-refractivity contribution in [3.05, 3.63) is 5.69 Å². The summed E-state index contributed by atoms with van der Waals surface area (Å²) >= 11 is 0. The Hall–Kier alpha value is -1.59. The van der Waals surface area contributed by atoms with Crippen molar-refractivity contribution in [2.45, 2.75) is 26.7 Å². The zero-order chi connectivity index (χ0) is 10.4. The number of carbonyl (C=O) groups is 1. The van der Waals surface area contributed by atoms with E-state index in [2.05, 4.69) is 15.4 Å². The van der Waals surface area contributed by atoms with Gasteiger partial charge in [-0.3, -0.25) is 0 Å². The first kappa shape index (κ1) is 10.5. The van der Waals surface area contributed by atoms with Gasteiger partial charge in [0, 0.05) is 0 Å². The second kappa shape index (κ2) is 5.21. The fourth-order valence-corrected chi connectivity index (χ4v) is 0.779. The van der Waals surface area contributed by atoms with Gasteiger partial charge in [-0.2, -0.15) is 10.3 Å². The largest absolute Gasteiger partial charge is 0.515 e. The zero-order valence-electron chi connectivity index (χ0n) is 8.24. The van der Waals surface area contributed by atoms with Gasteiger partial charge < -0.3 is 9.47 Å². The van der Waals surface area contributed by atoms with Crippen LogP contribution in [0.5, 0.6) is 5.88 Å². The summed E-state index contributed by atoms with van der Waals surface area (Å²) in [6, 6.07) is 0. The van der Waals surface area contributed by atoms with E-state index in [9.17, 15) is 4.79 Å². The molecule has 0 saturated carbocycles. The van der Waals surface area contributed by atoms with E-state index in [4.69, 9.17) is 9.47 Å². The van der Waals surface area contributed by atoms with Gasteiger partial charge in [0.25, 0.3) is 5.88 Å². The van der Waals surface area contributed by atoms with Gasteiger partial charge >= 0.3 is 6.16 Å². The van der Waals surface area contributed by atoms with Crippen molar-refractivity contribution in [2.75, 3.05) is 6.61 Å². The molecule has 78 valence electrons. The lowest BCUT2D eigenvalue weighted by Gasteiger charge is -2.02. The average molecular weight is 199 g/mol. The van der Waals surface area contributed by atoms with E-state index >= 15 is 0 Å². The highest BCUT2D eigenvalue weighted by Gasteiger charge is 2.10. The number of hydrogen-bond donors (Lipinski definition) is 1. The quantitative estimate of drug-likeness (QED) is 0.586. The lowest BCUT2D eigenvalue weighted by Crippen LogP contribution is -2.12. The molecule has 0 aliphatic carbocycles. The van der Waals surface area contributed by atoms with Gasteiger partial charge in [-0.25, -0.2) is 4.79 Å². The number of hydrogen-bond acceptors (Lipinski definition) is 5. The fourth-order valence-electron chi connectivity index (χ4n) is 0.779. The molecular weight excluding hydrogens is 186 g/mol. The van der Waals surface area contributed by atoms with Crippen molar-refractivity contribution in [1.29, 1.82) is 0 Å². The van der Waals surface area contributed by atoms with Crippen LogP contribution < -0.4 is 4.74 Å². The number of aromatic nitrogens is 3. The molecule has 0 spiro atoms. The van der Waals surface area contributed by atoms with Crippen LogP contribution in [0.15, 0.2) is 0 Å². The van der Waals surface area contributed by atoms with Crippen LogP contribution in [0.3, 0.4) is 0 Å². The molecule has 6 nitrogen and oxygen atoms in total. The number of unbranched alkanes of at least 4 members (excludes halogenated alkanes) is 1. The maximum absolute atomic E-state index is 11.0. The van der Waals surface area contributed by atoms with Crippen LogP contribution in [0.4, 0.5) is 4.79 Å². The third kappa shape index (κ3) is 3.04. The van der Waals surface area contributed by atoms with Crippen molar-refractivity contribution < 1.29 is 14.3 Å². The van der Waals surface area contributed by atoms with E-state index in [-0.39, 0.29) is 5.88 Å². The van der Waals surface area contributed by atoms with Gasteiger partial charge in [0.2, 0.25) is 0 Å². The number of aryl methyl sites for hydroxylation is 1. The molecule has 0 aromatic carbocycles. The highest BCUT2D eigenvalue weighted by molar-refractivity contribution is 5.63. The van der Waals surface area contributed by atoms with Crippen LogP contribution in [0.2, 0.25) is 0 Å². The third-order valence-electron chi connectivity index (χ3n) is 1.58. The first-order valence-electron chi connectivity index (χ1n) is 4.46. The molecule has 1 aromatic rings. The van der Waals surface area contributed by atoms with Crippen LogP contribution in [0.1, 0.15) is 25.5 Å². The first-order chi connectivity index (χ1) is 6.74. The fraction of sp³-hybridized carbons (Fsp3) is 0.625. The molecule has 1 heterocycles. The minimum Gasteiger partial charge on any atom is -0.434 e. The molecule has 14 heavy (non-hydrogen) atoms. The maximum atomic E-state index is 11.0. The summed E-state index contributed by atoms with van der Waals surface area (Å²) in [5.41, 5.74) is 0.525. The molecule has 0 amide bonds. The predicted octanol–water partition coefficient (Wildman–Crippen LogP) is 1.43. The summed E-state index contributed by atoms with van der Waals surface area (Å²) in [6.07, 6.45) is 1.05. The second-order valence-electron chi connectivity index (χ2n) is 2.77. The molecular formula is C8H13N3O3. The van der Waals surface area contributed by atoms with Gasteiger partial charge in [0.1, 0.15) is 5.69 Å². The Morgan fingerprint density at radius 2 is 2.29 bits per heavy atom. The van der Waals surface area contributed by atoms with Gasteiger partial charge in [0.05, 0.1) is 6.61 Å². The number of H-pyrrole nitrogens is 1. The molecule has 0 bridgehead atoms. The van der Waals surface area contributed by atoms with Crippen LogP contribution in [0, 0.1) is 6.92 Å². The summed E-state index contributed by atoms with van der Waals surface area (Å²) in [6.45, 7) is 4.06. The van der Waals surface area contributed by atoms with Crippen LogP contribution in [-0.2, 0) is 4.74 Å². The minimum absolute atomic E-state index is 0.159. The Bertz CT molecular complexity index is 298. The van der Waals surface area contributed by atoms with E-state index in [0.717, 1.165) is 12.8 Å². The molecule has 0 atom stereocenters. The molecule has 0 fully saturated rings. The predicted molar refractivity (Wildman–Crippen MR) is 48.0 cm³/mol. The lowest BCUT2D eigenvalue weighted by molar-refractivity contribution is 0.0960. The van der Waals surface area contributed by atoms with Crippen LogP contribution in [-0.4, -0.2) is 28.2 Å². The van der Waals surface area contributed by atoms with E-state index in [0.29, 0.717) is 12.3 Å². The Balaban J connectivity index is 2.31. The summed E-state index contributed by atoms with van der Waals surface area (Å²) in [7, 11) is 0. The van der Waals surface area contributed by atoms with E-state index in [1.54, 1.807) is 6.92 Å². The molecule has 0 aliphatic heterocycles. The average Bonchev–Trinajstić information content (AvgIpc) is 2.52. The van der Waals surface area contributed by atoms with Crippen molar-refractivity contribution in [3.8, 4) is 5.88 Å². The maximum Gasteiger partial charge on any atom is 0.515 e. The normalized spacial score (nSPS) is 9.86. The number of nitrogens with zero attached hydrogens (tertiary/aromatic N) is 2. The van der Waals surface area contributed by atoms with Gasteiger partial charge in [-0.05, 0) is 13.3 Å². The number of carbonyl (C=O) groups excluding carboxylic acids is 1. The summed E-state index contributed by atoms with van der Waals surface area (Å²) in [5.74, 6) is 0.159. The van der Waals surface area contributed by atoms with E-state index < -0.39 is 6.16 Å². The van der Waals surface area contributed by atoms with Crippen molar-refractivity contribution in [3.63, 3.8) is 0 Å². The molecule has 0 aliphatic rings. The molecule has 1 N–H and O–H groups in total. The topological polar surface area (TPSA) is 77.1 Å². The second-order valence-corrected chi connectivity index (χ2v) is 2.77. The molecule has 0 saturated heterocycles. The summed E-state index contributed by atoms with van der Waals surface area (Å²) < 4.78 is 9.53. The number of rotatable bonds is 4. The molecule has 0 radical (unpaired) electrons. The Labute approximate surface area is 81.6 Å².